The average molecular weight is 556 g/mol. The van der Waals surface area contributed by atoms with Crippen LogP contribution in [0, 0.1) is 0 Å². The lowest BCUT2D eigenvalue weighted by molar-refractivity contribution is -0.143. The zero-order valence-corrected chi connectivity index (χ0v) is 22.0. The van der Waals surface area contributed by atoms with Gasteiger partial charge < -0.3 is 31.3 Å². The summed E-state index contributed by atoms with van der Waals surface area (Å²) in [7, 11) is -4.60. The number of nitrogens with zero attached hydrogens (tertiary/aromatic N) is 3. The molecule has 1 saturated heterocycles. The minimum absolute atomic E-state index is 0.0311. The van der Waals surface area contributed by atoms with E-state index < -0.39 is 38.4 Å². The van der Waals surface area contributed by atoms with Gasteiger partial charge in [0, 0.05) is 50.5 Å². The van der Waals surface area contributed by atoms with Gasteiger partial charge in [0.25, 0.3) is 5.09 Å². The van der Waals surface area contributed by atoms with Gasteiger partial charge in [0.1, 0.15) is 11.5 Å². The fourth-order valence-corrected chi connectivity index (χ4v) is 9.89. The molecular formula is C26H25N3O9S. The molecule has 0 bridgehead atoms. The van der Waals surface area contributed by atoms with Crippen LogP contribution in [-0.4, -0.2) is 72.7 Å². The van der Waals surface area contributed by atoms with Crippen LogP contribution in [0.2, 0.25) is 0 Å². The maximum absolute atomic E-state index is 13.2. The first-order valence-electron chi connectivity index (χ1n) is 12.3. The van der Waals surface area contributed by atoms with Crippen molar-refractivity contribution in [3.63, 3.8) is 0 Å². The van der Waals surface area contributed by atoms with Crippen molar-refractivity contribution in [3.8, 4) is 5.75 Å². The van der Waals surface area contributed by atoms with E-state index in [9.17, 15) is 19.2 Å². The van der Waals surface area contributed by atoms with E-state index in [0.29, 0.717) is 24.6 Å². The molecule has 0 N–H and O–H groups in total. The first-order valence-corrected chi connectivity index (χ1v) is 14.4. The van der Waals surface area contributed by atoms with Gasteiger partial charge in [-0.05, 0) is 31.7 Å². The Bertz CT molecular complexity index is 1430. The molecule has 5 heterocycles. The molecule has 0 aliphatic carbocycles. The molecule has 0 aromatic heterocycles. The van der Waals surface area contributed by atoms with Crippen LogP contribution in [0.3, 0.4) is 0 Å². The summed E-state index contributed by atoms with van der Waals surface area (Å²) < 4.78 is 30.2. The van der Waals surface area contributed by atoms with Crippen LogP contribution in [-0.2, 0) is 35.9 Å². The minimum Gasteiger partial charge on any atom is -0.438 e. The summed E-state index contributed by atoms with van der Waals surface area (Å²) >= 11 is 0. The van der Waals surface area contributed by atoms with Gasteiger partial charge in [0.05, 0.1) is 10.5 Å². The Hall–Kier alpha value is -4.36. The highest BCUT2D eigenvalue weighted by atomic mass is 32.4. The van der Waals surface area contributed by atoms with Crippen LogP contribution < -0.4 is 4.74 Å². The van der Waals surface area contributed by atoms with Crippen molar-refractivity contribution in [1.29, 1.82) is 0 Å². The second kappa shape index (κ2) is 8.07. The monoisotopic (exact) mass is 555 g/mol. The third-order valence-corrected chi connectivity index (χ3v) is 11.7. The number of aliphatic imine (C=N–C) groups is 1. The molecule has 1 aromatic carbocycles. The minimum atomic E-state index is -6.61. The first kappa shape index (κ1) is 24.9. The normalized spacial score (nSPS) is 26.5. The van der Waals surface area contributed by atoms with Crippen LogP contribution in [0.5, 0.6) is 5.75 Å². The molecule has 5 aliphatic rings. The molecule has 1 aromatic rings. The number of para-hydroxylation sites is 2. The zero-order valence-electron chi connectivity index (χ0n) is 21.2. The first-order chi connectivity index (χ1) is 18.6. The fourth-order valence-electron chi connectivity index (χ4n) is 5.16. The average Bonchev–Trinajstić information content (AvgIpc) is 3.05. The van der Waals surface area contributed by atoms with Gasteiger partial charge in [-0.2, -0.15) is 0 Å². The lowest BCUT2D eigenvalue weighted by atomic mass is 10.2. The molecular weight excluding hydrogens is 530 g/mol. The highest BCUT2D eigenvalue weighted by Crippen LogP contribution is 3.04. The Morgan fingerprint density at radius 1 is 0.821 bits per heavy atom. The number of benzene rings is 1. The molecule has 39 heavy (non-hydrogen) atoms. The van der Waals surface area contributed by atoms with E-state index in [-0.39, 0.29) is 22.6 Å². The molecule has 6 rings (SSSR count). The second-order valence-electron chi connectivity index (χ2n) is 9.41. The largest absolute Gasteiger partial charge is 0.438 e. The predicted octanol–water partition coefficient (Wildman–Crippen LogP) is 2.72. The lowest BCUT2D eigenvalue weighted by Crippen LogP contribution is -2.51. The van der Waals surface area contributed by atoms with Crippen molar-refractivity contribution >= 4 is 44.8 Å². The van der Waals surface area contributed by atoms with E-state index in [1.807, 2.05) is 11.9 Å². The van der Waals surface area contributed by atoms with Crippen LogP contribution in [0.4, 0.5) is 5.69 Å². The number of rotatable bonds is 1. The molecule has 1 fully saturated rings. The molecule has 0 radical (unpaired) electrons. The van der Waals surface area contributed by atoms with Gasteiger partial charge in [-0.15, -0.1) is 0 Å². The Morgan fingerprint density at radius 3 is 1.90 bits per heavy atom. The van der Waals surface area contributed by atoms with Crippen molar-refractivity contribution in [2.24, 2.45) is 4.99 Å². The highest BCUT2D eigenvalue weighted by molar-refractivity contribution is 8.57. The summed E-state index contributed by atoms with van der Waals surface area (Å²) in [4.78, 5) is 61.8. The van der Waals surface area contributed by atoms with Crippen molar-refractivity contribution < 1.29 is 40.6 Å². The summed E-state index contributed by atoms with van der Waals surface area (Å²) in [6.07, 6.45) is 4.71. The highest BCUT2D eigenvalue weighted by Gasteiger charge is 2.83. The molecule has 12 nitrogen and oxygen atoms in total. The fraction of sp³-hybridized carbons (Fsp3) is 0.269. The lowest BCUT2D eigenvalue weighted by Gasteiger charge is -2.69. The van der Waals surface area contributed by atoms with E-state index >= 15 is 0 Å². The van der Waals surface area contributed by atoms with Crippen LogP contribution >= 0.6 is 9.42 Å². The van der Waals surface area contributed by atoms with Crippen LogP contribution in [0.15, 0.2) is 75.2 Å². The van der Waals surface area contributed by atoms with Gasteiger partial charge in [-0.3, -0.25) is 0 Å². The molecule has 5 aliphatic heterocycles. The standard InChI is InChI=1S/C26H25N3O9S/c1-3-17-16-18-25(29-14-12-28(2)13-15-29)27-19-6-4-5-7-20(19)34-26(18)39(17,35-21(30)8-9-22(31)36-39)37-23(32)10-11-24(33)38-39/h4-11,16H,3,12-15H2,1-2H3. The van der Waals surface area contributed by atoms with Crippen molar-refractivity contribution in [2.45, 2.75) is 13.3 Å². The number of hydrogen-bond acceptors (Lipinski definition) is 12. The summed E-state index contributed by atoms with van der Waals surface area (Å²) in [6.45, 7) is 4.24. The van der Waals surface area contributed by atoms with Gasteiger partial charge in [-0.1, -0.05) is 19.1 Å². The van der Waals surface area contributed by atoms with E-state index in [0.717, 1.165) is 37.4 Å². The van der Waals surface area contributed by atoms with E-state index in [4.69, 9.17) is 26.5 Å². The van der Waals surface area contributed by atoms with Crippen molar-refractivity contribution in [3.05, 3.63) is 70.2 Å². The molecule has 0 saturated carbocycles. The summed E-state index contributed by atoms with van der Waals surface area (Å²) in [5, 5.41) is -0.440. The predicted molar refractivity (Wildman–Crippen MR) is 139 cm³/mol. The quantitative estimate of drug-likeness (QED) is 0.506. The Labute approximate surface area is 222 Å². The number of piperazine rings is 1. The number of likely N-dealkylation sites (N-methyl/N-ethyl adjacent to an activating group) is 1. The van der Waals surface area contributed by atoms with E-state index in [2.05, 4.69) is 4.90 Å². The molecule has 0 atom stereocenters. The Kier molecular flexibility index (Phi) is 5.16. The smallest absolute Gasteiger partial charge is 0.348 e. The van der Waals surface area contributed by atoms with Crippen molar-refractivity contribution in [2.75, 3.05) is 33.2 Å². The maximum atomic E-state index is 13.2. The number of fused-ring (bicyclic) bond motifs is 1. The molecule has 0 amide bonds. The third-order valence-electron chi connectivity index (χ3n) is 6.95. The van der Waals surface area contributed by atoms with Gasteiger partial charge in [0.2, 0.25) is 9.42 Å². The molecule has 0 unspecified atom stereocenters. The molecule has 204 valence electrons. The van der Waals surface area contributed by atoms with E-state index in [1.165, 1.54) is 6.08 Å². The Morgan fingerprint density at radius 2 is 1.36 bits per heavy atom. The number of amidine groups is 1. The van der Waals surface area contributed by atoms with Gasteiger partial charge >= 0.3 is 23.9 Å². The number of hydrogen-bond donors (Lipinski definition) is 0. The van der Waals surface area contributed by atoms with Crippen LogP contribution in [0.1, 0.15) is 13.3 Å². The Balaban J connectivity index is 1.74. The third kappa shape index (κ3) is 3.32. The zero-order chi connectivity index (χ0) is 27.5. The van der Waals surface area contributed by atoms with Crippen molar-refractivity contribution in [1.82, 2.24) is 9.80 Å². The maximum Gasteiger partial charge on any atom is 0.348 e. The summed E-state index contributed by atoms with van der Waals surface area (Å²) in [6, 6.07) is 6.77. The molecule has 13 heteroatoms. The number of carbonyl (C=O) groups is 4. The summed E-state index contributed by atoms with van der Waals surface area (Å²) in [5.41, 5.74) is 0.604. The van der Waals surface area contributed by atoms with Gasteiger partial charge in [-0.25, -0.2) is 24.2 Å². The number of allylic oxidation sites excluding steroid dienone is 1. The van der Waals surface area contributed by atoms with Crippen LogP contribution in [0.25, 0.3) is 0 Å². The summed E-state index contributed by atoms with van der Waals surface area (Å²) in [5.74, 6) is -4.01. The SMILES string of the molecule is CCC1=CC2=C(Oc3ccccc3N=C2N2CCN(C)CC2)S123(OC(=O)C=CC(=O)O2)OC(=O)C=CC(=O)O3. The number of ether oxygens (including phenoxy) is 1. The van der Waals surface area contributed by atoms with Gasteiger partial charge in [0.15, 0.2) is 5.75 Å². The topological polar surface area (TPSA) is 133 Å². The molecule has 1 spiro atoms. The number of carbonyl (C=O) groups excluding carboxylic acids is 4. The van der Waals surface area contributed by atoms with E-state index in [1.54, 1.807) is 31.2 Å². The second-order valence-corrected chi connectivity index (χ2v) is 13.3.